The lowest BCUT2D eigenvalue weighted by molar-refractivity contribution is 0.433. The zero-order valence-electron chi connectivity index (χ0n) is 6.92. The lowest BCUT2D eigenvalue weighted by atomic mass is 10.2. The van der Waals surface area contributed by atoms with Gasteiger partial charge in [-0.1, -0.05) is 24.9 Å². The maximum Gasteiger partial charge on any atom is 0.117 e. The third kappa shape index (κ3) is 1.96. The molecule has 0 fully saturated rings. The second-order valence-electron chi connectivity index (χ2n) is 2.86. The van der Waals surface area contributed by atoms with Gasteiger partial charge in [-0.25, -0.2) is 4.98 Å². The van der Waals surface area contributed by atoms with Crippen LogP contribution in [0.25, 0.3) is 0 Å². The molecule has 0 saturated carbocycles. The summed E-state index contributed by atoms with van der Waals surface area (Å²) in [4.78, 5) is 3.65. The summed E-state index contributed by atoms with van der Waals surface area (Å²) in [6.45, 7) is 4.12. The van der Waals surface area contributed by atoms with E-state index in [1.165, 1.54) is 0 Å². The fourth-order valence-electron chi connectivity index (χ4n) is 1.12. The summed E-state index contributed by atoms with van der Waals surface area (Å²) in [7, 11) is 0. The van der Waals surface area contributed by atoms with Gasteiger partial charge in [0.05, 0.1) is 6.33 Å². The van der Waals surface area contributed by atoms with Crippen molar-refractivity contribution in [3.63, 3.8) is 0 Å². The SMILES string of the molecule is CCCC(C)(Cl)n1ccnc1. The molecule has 1 aromatic rings. The van der Waals surface area contributed by atoms with E-state index in [4.69, 9.17) is 11.6 Å². The monoisotopic (exact) mass is 172 g/mol. The molecule has 1 unspecified atom stereocenters. The number of hydrogen-bond acceptors (Lipinski definition) is 1. The Kier molecular flexibility index (Phi) is 2.55. The molecular formula is C8H13ClN2. The summed E-state index contributed by atoms with van der Waals surface area (Å²) in [5, 5.41) is 0. The highest BCUT2D eigenvalue weighted by Crippen LogP contribution is 2.26. The molecule has 0 aliphatic heterocycles. The number of halogens is 1. The molecule has 0 N–H and O–H groups in total. The van der Waals surface area contributed by atoms with Crippen LogP contribution in [0.3, 0.4) is 0 Å². The molecule has 0 saturated heterocycles. The van der Waals surface area contributed by atoms with E-state index in [0.29, 0.717) is 0 Å². The minimum Gasteiger partial charge on any atom is -0.318 e. The molecule has 3 heteroatoms. The maximum absolute atomic E-state index is 6.23. The van der Waals surface area contributed by atoms with E-state index in [0.717, 1.165) is 12.8 Å². The van der Waals surface area contributed by atoms with Crippen molar-refractivity contribution in [3.8, 4) is 0 Å². The van der Waals surface area contributed by atoms with Crippen LogP contribution >= 0.6 is 11.6 Å². The minimum atomic E-state index is -0.300. The molecule has 0 amide bonds. The second-order valence-corrected chi connectivity index (χ2v) is 3.68. The molecule has 0 radical (unpaired) electrons. The topological polar surface area (TPSA) is 17.8 Å². The fourth-order valence-corrected chi connectivity index (χ4v) is 1.41. The number of imidazole rings is 1. The summed E-state index contributed by atoms with van der Waals surface area (Å²) in [6, 6.07) is 0. The van der Waals surface area contributed by atoms with Crippen molar-refractivity contribution in [2.24, 2.45) is 0 Å². The highest BCUT2D eigenvalue weighted by molar-refractivity contribution is 6.21. The van der Waals surface area contributed by atoms with Gasteiger partial charge in [0.25, 0.3) is 0 Å². The number of hydrogen-bond donors (Lipinski definition) is 0. The smallest absolute Gasteiger partial charge is 0.117 e. The largest absolute Gasteiger partial charge is 0.318 e. The van der Waals surface area contributed by atoms with E-state index in [1.807, 2.05) is 17.7 Å². The Bertz CT molecular complexity index is 204. The van der Waals surface area contributed by atoms with Crippen molar-refractivity contribution >= 4 is 11.6 Å². The fraction of sp³-hybridized carbons (Fsp3) is 0.625. The first kappa shape index (κ1) is 8.60. The lowest BCUT2D eigenvalue weighted by Gasteiger charge is -2.22. The highest BCUT2D eigenvalue weighted by Gasteiger charge is 2.20. The Balaban J connectivity index is 2.73. The van der Waals surface area contributed by atoms with E-state index >= 15 is 0 Å². The Labute approximate surface area is 72.2 Å². The van der Waals surface area contributed by atoms with E-state index in [1.54, 1.807) is 12.5 Å². The molecule has 1 heterocycles. The first-order valence-corrected chi connectivity index (χ1v) is 4.22. The second kappa shape index (κ2) is 3.26. The Morgan fingerprint density at radius 2 is 2.36 bits per heavy atom. The van der Waals surface area contributed by atoms with Crippen LogP contribution in [-0.2, 0) is 5.00 Å². The van der Waals surface area contributed by atoms with Crippen LogP contribution in [0.1, 0.15) is 26.7 Å². The average molecular weight is 173 g/mol. The molecule has 1 atom stereocenters. The normalized spacial score (nSPS) is 16.3. The van der Waals surface area contributed by atoms with Gasteiger partial charge in [-0.2, -0.15) is 0 Å². The summed E-state index contributed by atoms with van der Waals surface area (Å²) >= 11 is 6.23. The maximum atomic E-state index is 6.23. The van der Waals surface area contributed by atoms with Crippen molar-refractivity contribution in [3.05, 3.63) is 18.7 Å². The predicted molar refractivity (Wildman–Crippen MR) is 46.6 cm³/mol. The van der Waals surface area contributed by atoms with Crippen LogP contribution in [-0.4, -0.2) is 9.55 Å². The van der Waals surface area contributed by atoms with Gasteiger partial charge in [0.1, 0.15) is 5.00 Å². The van der Waals surface area contributed by atoms with Crippen molar-refractivity contribution in [1.82, 2.24) is 9.55 Å². The molecule has 0 bridgehead atoms. The van der Waals surface area contributed by atoms with Gasteiger partial charge in [0.15, 0.2) is 0 Å². The van der Waals surface area contributed by atoms with Crippen LogP contribution in [0, 0.1) is 0 Å². The third-order valence-electron chi connectivity index (χ3n) is 1.75. The van der Waals surface area contributed by atoms with Crippen LogP contribution in [0.5, 0.6) is 0 Å². The Morgan fingerprint density at radius 1 is 1.64 bits per heavy atom. The highest BCUT2D eigenvalue weighted by atomic mass is 35.5. The van der Waals surface area contributed by atoms with E-state index in [-0.39, 0.29) is 5.00 Å². The van der Waals surface area contributed by atoms with Crippen LogP contribution in [0.2, 0.25) is 0 Å². The molecule has 0 spiro atoms. The Morgan fingerprint density at radius 3 is 2.82 bits per heavy atom. The molecule has 11 heavy (non-hydrogen) atoms. The van der Waals surface area contributed by atoms with Crippen LogP contribution in [0.15, 0.2) is 18.7 Å². The molecule has 0 aromatic carbocycles. The Hall–Kier alpha value is -0.500. The van der Waals surface area contributed by atoms with E-state index in [2.05, 4.69) is 11.9 Å². The first-order valence-electron chi connectivity index (χ1n) is 3.84. The van der Waals surface area contributed by atoms with Crippen LogP contribution in [0.4, 0.5) is 0 Å². The molecule has 1 rings (SSSR count). The van der Waals surface area contributed by atoms with Crippen molar-refractivity contribution in [1.29, 1.82) is 0 Å². The molecular weight excluding hydrogens is 160 g/mol. The standard InChI is InChI=1S/C8H13ClN2/c1-3-4-8(2,9)11-6-5-10-7-11/h5-7H,3-4H2,1-2H3. The molecule has 0 aliphatic carbocycles. The molecule has 0 aliphatic rings. The van der Waals surface area contributed by atoms with Gasteiger partial charge >= 0.3 is 0 Å². The summed E-state index contributed by atoms with van der Waals surface area (Å²) in [5.74, 6) is 0. The average Bonchev–Trinajstić information content (AvgIpc) is 2.37. The van der Waals surface area contributed by atoms with E-state index < -0.39 is 0 Å². The van der Waals surface area contributed by atoms with Gasteiger partial charge in [0, 0.05) is 12.4 Å². The summed E-state index contributed by atoms with van der Waals surface area (Å²) < 4.78 is 1.93. The summed E-state index contributed by atoms with van der Waals surface area (Å²) in [6.07, 6.45) is 7.44. The molecule has 1 aromatic heterocycles. The van der Waals surface area contributed by atoms with Crippen molar-refractivity contribution in [2.75, 3.05) is 0 Å². The quantitative estimate of drug-likeness (QED) is 0.641. The predicted octanol–water partition coefficient (Wildman–Crippen LogP) is 2.59. The van der Waals surface area contributed by atoms with Crippen molar-refractivity contribution in [2.45, 2.75) is 31.7 Å². The number of rotatable bonds is 3. The lowest BCUT2D eigenvalue weighted by Crippen LogP contribution is -2.21. The van der Waals surface area contributed by atoms with Gasteiger partial charge < -0.3 is 4.57 Å². The zero-order chi connectivity index (χ0) is 8.32. The molecule has 62 valence electrons. The van der Waals surface area contributed by atoms with Gasteiger partial charge in [-0.3, -0.25) is 0 Å². The number of alkyl halides is 1. The van der Waals surface area contributed by atoms with E-state index in [9.17, 15) is 0 Å². The minimum absolute atomic E-state index is 0.300. The van der Waals surface area contributed by atoms with Crippen molar-refractivity contribution < 1.29 is 0 Å². The van der Waals surface area contributed by atoms with Gasteiger partial charge in [0.2, 0.25) is 0 Å². The summed E-state index contributed by atoms with van der Waals surface area (Å²) in [5.41, 5.74) is 0. The first-order chi connectivity index (χ1) is 5.17. The number of aromatic nitrogens is 2. The number of nitrogens with zero attached hydrogens (tertiary/aromatic N) is 2. The zero-order valence-corrected chi connectivity index (χ0v) is 7.67. The van der Waals surface area contributed by atoms with Crippen LogP contribution < -0.4 is 0 Å². The van der Waals surface area contributed by atoms with Gasteiger partial charge in [-0.05, 0) is 13.3 Å². The van der Waals surface area contributed by atoms with Gasteiger partial charge in [-0.15, -0.1) is 0 Å². The molecule has 2 nitrogen and oxygen atoms in total. The third-order valence-corrected chi connectivity index (χ3v) is 2.13.